The molecule has 1 fully saturated rings. The first-order valence-corrected chi connectivity index (χ1v) is 3.83. The molecule has 0 radical (unpaired) electrons. The van der Waals surface area contributed by atoms with Crippen LogP contribution in [0.3, 0.4) is 0 Å². The minimum absolute atomic E-state index is 0.356. The second-order valence-corrected chi connectivity index (χ2v) is 3.82. The van der Waals surface area contributed by atoms with Gasteiger partial charge in [0.1, 0.15) is 0 Å². The lowest BCUT2D eigenvalue weighted by molar-refractivity contribution is 0.373. The van der Waals surface area contributed by atoms with Gasteiger partial charge in [0.05, 0.1) is 0 Å². The van der Waals surface area contributed by atoms with Gasteiger partial charge in [-0.2, -0.15) is 0 Å². The summed E-state index contributed by atoms with van der Waals surface area (Å²) in [6.07, 6.45) is 1.16. The van der Waals surface area contributed by atoms with Gasteiger partial charge in [0.2, 0.25) is 5.96 Å². The van der Waals surface area contributed by atoms with Gasteiger partial charge in [0.15, 0.2) is 0 Å². The summed E-state index contributed by atoms with van der Waals surface area (Å²) in [5, 5.41) is 3.46. The highest BCUT2D eigenvalue weighted by molar-refractivity contribution is 5.78. The molecule has 0 bridgehead atoms. The maximum Gasteiger partial charge on any atom is 0.213 e. The average Bonchev–Trinajstić information content (AvgIpc) is 2.29. The van der Waals surface area contributed by atoms with Crippen molar-refractivity contribution in [2.45, 2.75) is 20.3 Å². The molecule has 11 heavy (non-hydrogen) atoms. The second-order valence-electron chi connectivity index (χ2n) is 3.82. The Labute approximate surface area is 67.2 Å². The van der Waals surface area contributed by atoms with Crippen LogP contribution in [0.4, 0.5) is 0 Å². The molecule has 0 aromatic rings. The van der Waals surface area contributed by atoms with Crippen molar-refractivity contribution in [1.29, 1.82) is 0 Å². The van der Waals surface area contributed by atoms with Gasteiger partial charge in [-0.25, -0.2) is 0 Å². The molecule has 1 saturated heterocycles. The Balaban J connectivity index is 2.55. The van der Waals surface area contributed by atoms with Gasteiger partial charge in [0, 0.05) is 13.1 Å². The summed E-state index contributed by atoms with van der Waals surface area (Å²) in [5.74, 6) is 5.52. The molecule has 0 spiro atoms. The molecule has 1 rings (SSSR count). The number of hydrazone groups is 1. The summed E-state index contributed by atoms with van der Waals surface area (Å²) in [5.41, 5.74) is 5.91. The Morgan fingerprint density at radius 2 is 2.18 bits per heavy atom. The van der Waals surface area contributed by atoms with E-state index in [9.17, 15) is 0 Å². The number of likely N-dealkylation sites (tertiary alicyclic amines) is 1. The third-order valence-electron chi connectivity index (χ3n) is 2.13. The van der Waals surface area contributed by atoms with Gasteiger partial charge in [0.25, 0.3) is 0 Å². The Hall–Kier alpha value is -0.930. The van der Waals surface area contributed by atoms with Crippen LogP contribution in [0.15, 0.2) is 5.10 Å². The first-order chi connectivity index (χ1) is 5.05. The van der Waals surface area contributed by atoms with E-state index < -0.39 is 0 Å². The third-order valence-corrected chi connectivity index (χ3v) is 2.13. The predicted octanol–water partition coefficient (Wildman–Crippen LogP) is -0.0933. The molecule has 4 nitrogen and oxygen atoms in total. The minimum Gasteiger partial charge on any atom is -0.368 e. The van der Waals surface area contributed by atoms with Crippen LogP contribution in [0.1, 0.15) is 20.3 Å². The fraction of sp³-hybridized carbons (Fsp3) is 0.857. The van der Waals surface area contributed by atoms with Gasteiger partial charge in [-0.15, -0.1) is 5.10 Å². The highest BCUT2D eigenvalue weighted by Gasteiger charge is 2.29. The molecular formula is C7H16N4. The Morgan fingerprint density at radius 3 is 2.55 bits per heavy atom. The summed E-state index contributed by atoms with van der Waals surface area (Å²) < 4.78 is 0. The summed E-state index contributed by atoms with van der Waals surface area (Å²) in [7, 11) is 0. The molecule has 0 saturated carbocycles. The molecular weight excluding hydrogens is 140 g/mol. The first-order valence-electron chi connectivity index (χ1n) is 3.83. The zero-order valence-electron chi connectivity index (χ0n) is 7.17. The zero-order chi connectivity index (χ0) is 8.48. The standard InChI is InChI=1S/C7H16N4/c1-7(2)3-4-11(5-7)6(8)10-9/h3-5,9H2,1-2H3,(H2,8,10). The van der Waals surface area contributed by atoms with Gasteiger partial charge in [-0.3, -0.25) is 0 Å². The van der Waals surface area contributed by atoms with Crippen molar-refractivity contribution in [1.82, 2.24) is 4.90 Å². The van der Waals surface area contributed by atoms with Crippen molar-refractivity contribution in [3.63, 3.8) is 0 Å². The van der Waals surface area contributed by atoms with Crippen molar-refractivity contribution in [2.75, 3.05) is 13.1 Å². The van der Waals surface area contributed by atoms with Crippen molar-refractivity contribution in [3.05, 3.63) is 0 Å². The summed E-state index contributed by atoms with van der Waals surface area (Å²) in [4.78, 5) is 2.01. The molecule has 4 N–H and O–H groups in total. The van der Waals surface area contributed by atoms with E-state index in [1.165, 1.54) is 0 Å². The van der Waals surface area contributed by atoms with Crippen molar-refractivity contribution < 1.29 is 0 Å². The topological polar surface area (TPSA) is 67.6 Å². The molecule has 0 unspecified atom stereocenters. The maximum atomic E-state index is 5.55. The van der Waals surface area contributed by atoms with Crippen molar-refractivity contribution in [2.24, 2.45) is 22.1 Å². The number of nitrogens with two attached hydrogens (primary N) is 2. The number of hydrogen-bond donors (Lipinski definition) is 2. The molecule has 1 aliphatic heterocycles. The molecule has 64 valence electrons. The van der Waals surface area contributed by atoms with Crippen molar-refractivity contribution in [3.8, 4) is 0 Å². The fourth-order valence-corrected chi connectivity index (χ4v) is 1.39. The van der Waals surface area contributed by atoms with E-state index in [0.29, 0.717) is 11.4 Å². The number of hydrogen-bond acceptors (Lipinski definition) is 2. The number of guanidine groups is 1. The van der Waals surface area contributed by atoms with E-state index in [2.05, 4.69) is 18.9 Å². The summed E-state index contributed by atoms with van der Waals surface area (Å²) in [6, 6.07) is 0. The van der Waals surface area contributed by atoms with E-state index >= 15 is 0 Å². The predicted molar refractivity (Wildman–Crippen MR) is 45.8 cm³/mol. The van der Waals surface area contributed by atoms with E-state index in [4.69, 9.17) is 11.6 Å². The minimum atomic E-state index is 0.356. The summed E-state index contributed by atoms with van der Waals surface area (Å²) in [6.45, 7) is 6.37. The van der Waals surface area contributed by atoms with E-state index in [1.54, 1.807) is 0 Å². The molecule has 0 atom stereocenters. The monoisotopic (exact) mass is 156 g/mol. The smallest absolute Gasteiger partial charge is 0.213 e. The third kappa shape index (κ3) is 1.76. The number of nitrogens with zero attached hydrogens (tertiary/aromatic N) is 2. The van der Waals surface area contributed by atoms with Crippen LogP contribution in [0.5, 0.6) is 0 Å². The van der Waals surface area contributed by atoms with Crippen LogP contribution < -0.4 is 11.6 Å². The lowest BCUT2D eigenvalue weighted by atomic mass is 9.93. The van der Waals surface area contributed by atoms with Crippen LogP contribution in [-0.2, 0) is 0 Å². The Kier molecular flexibility index (Phi) is 1.93. The maximum absolute atomic E-state index is 5.55. The average molecular weight is 156 g/mol. The van der Waals surface area contributed by atoms with Crippen molar-refractivity contribution >= 4 is 5.96 Å². The molecule has 0 aromatic heterocycles. The first kappa shape index (κ1) is 8.17. The fourth-order valence-electron chi connectivity index (χ4n) is 1.39. The molecule has 0 aliphatic carbocycles. The van der Waals surface area contributed by atoms with Crippen LogP contribution in [0.25, 0.3) is 0 Å². The van der Waals surface area contributed by atoms with Gasteiger partial charge < -0.3 is 16.5 Å². The quantitative estimate of drug-likeness (QED) is 0.223. The van der Waals surface area contributed by atoms with Gasteiger partial charge in [-0.05, 0) is 11.8 Å². The van der Waals surface area contributed by atoms with Gasteiger partial charge in [-0.1, -0.05) is 13.8 Å². The summed E-state index contributed by atoms with van der Waals surface area (Å²) >= 11 is 0. The SMILES string of the molecule is CC1(C)CCN(/C(N)=N/N)C1. The largest absolute Gasteiger partial charge is 0.368 e. The van der Waals surface area contributed by atoms with Gasteiger partial charge >= 0.3 is 0 Å². The van der Waals surface area contributed by atoms with Crippen LogP contribution in [-0.4, -0.2) is 23.9 Å². The normalized spacial score (nSPS) is 24.2. The second kappa shape index (κ2) is 2.60. The highest BCUT2D eigenvalue weighted by atomic mass is 15.3. The van der Waals surface area contributed by atoms with E-state index in [1.807, 2.05) is 4.90 Å². The molecule has 1 aliphatic rings. The molecule has 0 amide bonds. The Bertz CT molecular complexity index is 173. The lowest BCUT2D eigenvalue weighted by Crippen LogP contribution is -2.37. The van der Waals surface area contributed by atoms with E-state index in [-0.39, 0.29) is 0 Å². The highest BCUT2D eigenvalue weighted by Crippen LogP contribution is 2.28. The number of rotatable bonds is 0. The molecule has 0 aromatic carbocycles. The van der Waals surface area contributed by atoms with E-state index in [0.717, 1.165) is 19.5 Å². The van der Waals surface area contributed by atoms with Crippen LogP contribution >= 0.6 is 0 Å². The lowest BCUT2D eigenvalue weighted by Gasteiger charge is -2.19. The molecule has 4 heteroatoms. The van der Waals surface area contributed by atoms with Crippen LogP contribution in [0, 0.1) is 5.41 Å². The van der Waals surface area contributed by atoms with Crippen LogP contribution in [0.2, 0.25) is 0 Å². The zero-order valence-corrected chi connectivity index (χ0v) is 7.17. The Morgan fingerprint density at radius 1 is 1.55 bits per heavy atom. The molecule has 1 heterocycles.